The van der Waals surface area contributed by atoms with Gasteiger partial charge in [0.1, 0.15) is 12.7 Å². The summed E-state index contributed by atoms with van der Waals surface area (Å²) in [5.41, 5.74) is 6.17. The predicted molar refractivity (Wildman–Crippen MR) is 94.1 cm³/mol. The number of benzene rings is 1. The van der Waals surface area contributed by atoms with E-state index < -0.39 is 5.97 Å². The molecule has 1 atom stereocenters. The Hall–Kier alpha value is -1.43. The predicted octanol–water partition coefficient (Wildman–Crippen LogP) is 3.20. The van der Waals surface area contributed by atoms with Gasteiger partial charge in [-0.05, 0) is 52.5 Å². The summed E-state index contributed by atoms with van der Waals surface area (Å²) in [5.74, 6) is -0.420. The van der Waals surface area contributed by atoms with Crippen molar-refractivity contribution in [1.82, 2.24) is 5.06 Å². The summed E-state index contributed by atoms with van der Waals surface area (Å²) in [6, 6.07) is 9.86. The van der Waals surface area contributed by atoms with Crippen molar-refractivity contribution in [2.45, 2.75) is 64.1 Å². The summed E-state index contributed by atoms with van der Waals surface area (Å²) in [6.07, 6.45) is 2.97. The lowest BCUT2D eigenvalue weighted by Gasteiger charge is -2.52. The van der Waals surface area contributed by atoms with E-state index in [2.05, 4.69) is 32.8 Å². The van der Waals surface area contributed by atoms with E-state index in [-0.39, 0.29) is 30.3 Å². The van der Waals surface area contributed by atoms with Gasteiger partial charge in [-0.3, -0.25) is 9.63 Å². The third-order valence-electron chi connectivity index (χ3n) is 4.64. The second-order valence-electron chi connectivity index (χ2n) is 7.66. The molecule has 0 amide bonds. The van der Waals surface area contributed by atoms with Crippen LogP contribution in [-0.2, 0) is 14.4 Å². The molecule has 1 aromatic carbocycles. The van der Waals surface area contributed by atoms with Gasteiger partial charge >= 0.3 is 5.97 Å². The Morgan fingerprint density at radius 3 is 2.29 bits per heavy atom. The van der Waals surface area contributed by atoms with Gasteiger partial charge in [0.15, 0.2) is 0 Å². The normalized spacial score (nSPS) is 21.2. The van der Waals surface area contributed by atoms with Crippen molar-refractivity contribution < 1.29 is 14.4 Å². The molecule has 0 saturated carbocycles. The minimum atomic E-state index is -0.420. The number of piperidine rings is 1. The summed E-state index contributed by atoms with van der Waals surface area (Å²) in [5, 5.41) is 2.09. The molecule has 5 nitrogen and oxygen atoms in total. The van der Waals surface area contributed by atoms with Crippen LogP contribution in [0.5, 0.6) is 0 Å². The van der Waals surface area contributed by atoms with Crippen molar-refractivity contribution in [3.05, 3.63) is 35.9 Å². The summed E-state index contributed by atoms with van der Waals surface area (Å²) in [6.45, 7) is 8.82. The number of nitrogens with zero attached hydrogens (tertiary/aromatic N) is 1. The van der Waals surface area contributed by atoms with E-state index >= 15 is 0 Å². The molecule has 0 aliphatic carbocycles. The Kier molecular flexibility index (Phi) is 6.01. The number of hydrogen-bond acceptors (Lipinski definition) is 5. The van der Waals surface area contributed by atoms with Crippen LogP contribution in [-0.4, -0.2) is 35.3 Å². The van der Waals surface area contributed by atoms with Crippen molar-refractivity contribution in [1.29, 1.82) is 0 Å². The Labute approximate surface area is 145 Å². The molecule has 1 aromatic rings. The minimum Gasteiger partial charge on any atom is -0.462 e. The van der Waals surface area contributed by atoms with Crippen molar-refractivity contribution >= 4 is 5.97 Å². The lowest BCUT2D eigenvalue weighted by atomic mass is 9.82. The Morgan fingerprint density at radius 2 is 1.75 bits per heavy atom. The molecule has 2 rings (SSSR count). The highest BCUT2D eigenvalue weighted by atomic mass is 16.7. The van der Waals surface area contributed by atoms with Gasteiger partial charge in [0, 0.05) is 11.1 Å². The number of nitrogens with two attached hydrogens (primary N) is 1. The molecule has 1 fully saturated rings. The highest BCUT2D eigenvalue weighted by molar-refractivity contribution is 5.71. The first-order valence-corrected chi connectivity index (χ1v) is 8.64. The van der Waals surface area contributed by atoms with Gasteiger partial charge < -0.3 is 10.5 Å². The Morgan fingerprint density at radius 1 is 1.17 bits per heavy atom. The molecule has 1 unspecified atom stereocenters. The summed E-state index contributed by atoms with van der Waals surface area (Å²) in [7, 11) is 0. The van der Waals surface area contributed by atoms with Crippen LogP contribution in [0, 0.1) is 0 Å². The van der Waals surface area contributed by atoms with Crippen LogP contribution in [0.4, 0.5) is 0 Å². The van der Waals surface area contributed by atoms with Crippen LogP contribution < -0.4 is 5.73 Å². The SMILES string of the molecule is CC1(C)CCCC(C)(C)N1OC(COC(=O)CN)c1ccccc1. The lowest BCUT2D eigenvalue weighted by Crippen LogP contribution is -2.58. The molecule has 1 aliphatic rings. The summed E-state index contributed by atoms with van der Waals surface area (Å²) in [4.78, 5) is 17.9. The molecule has 0 spiro atoms. The van der Waals surface area contributed by atoms with Crippen LogP contribution in [0.3, 0.4) is 0 Å². The topological polar surface area (TPSA) is 64.8 Å². The molecule has 24 heavy (non-hydrogen) atoms. The number of rotatable bonds is 6. The highest BCUT2D eigenvalue weighted by Crippen LogP contribution is 2.40. The molecule has 1 heterocycles. The Bertz CT molecular complexity index is 527. The number of carbonyl (C=O) groups is 1. The van der Waals surface area contributed by atoms with E-state index in [1.165, 1.54) is 6.42 Å². The quantitative estimate of drug-likeness (QED) is 0.809. The number of ether oxygens (including phenoxy) is 1. The first-order chi connectivity index (χ1) is 11.3. The zero-order valence-corrected chi connectivity index (χ0v) is 15.2. The van der Waals surface area contributed by atoms with Crippen LogP contribution in [0.25, 0.3) is 0 Å². The van der Waals surface area contributed by atoms with Crippen LogP contribution >= 0.6 is 0 Å². The van der Waals surface area contributed by atoms with Gasteiger partial charge in [0.05, 0.1) is 6.54 Å². The maximum atomic E-state index is 11.5. The fraction of sp³-hybridized carbons (Fsp3) is 0.632. The van der Waals surface area contributed by atoms with Crippen LogP contribution in [0.1, 0.15) is 58.6 Å². The summed E-state index contributed by atoms with van der Waals surface area (Å²) < 4.78 is 5.27. The van der Waals surface area contributed by atoms with Gasteiger partial charge in [0.2, 0.25) is 0 Å². The number of hydroxylamine groups is 2. The monoisotopic (exact) mass is 334 g/mol. The van der Waals surface area contributed by atoms with Crippen molar-refractivity contribution in [3.63, 3.8) is 0 Å². The molecular formula is C19H30N2O3. The first kappa shape index (κ1) is 18.9. The molecule has 0 bridgehead atoms. The van der Waals surface area contributed by atoms with E-state index in [1.807, 2.05) is 30.3 Å². The molecule has 1 saturated heterocycles. The van der Waals surface area contributed by atoms with E-state index in [4.69, 9.17) is 15.3 Å². The van der Waals surface area contributed by atoms with Gasteiger partial charge in [-0.1, -0.05) is 30.3 Å². The average Bonchev–Trinajstić information content (AvgIpc) is 2.53. The molecule has 134 valence electrons. The number of carbonyl (C=O) groups excluding carboxylic acids is 1. The fourth-order valence-electron chi connectivity index (χ4n) is 3.47. The highest BCUT2D eigenvalue weighted by Gasteiger charge is 2.43. The van der Waals surface area contributed by atoms with Gasteiger partial charge in [-0.15, -0.1) is 0 Å². The van der Waals surface area contributed by atoms with Gasteiger partial charge in [-0.25, -0.2) is 0 Å². The molecule has 1 aliphatic heterocycles. The smallest absolute Gasteiger partial charge is 0.319 e. The van der Waals surface area contributed by atoms with E-state index in [0.29, 0.717) is 0 Å². The summed E-state index contributed by atoms with van der Waals surface area (Å²) >= 11 is 0. The van der Waals surface area contributed by atoms with Gasteiger partial charge in [-0.2, -0.15) is 5.06 Å². The third kappa shape index (κ3) is 4.56. The second kappa shape index (κ2) is 7.64. The molecule has 5 heteroatoms. The van der Waals surface area contributed by atoms with Crippen LogP contribution in [0.15, 0.2) is 30.3 Å². The largest absolute Gasteiger partial charge is 0.462 e. The van der Waals surface area contributed by atoms with Crippen molar-refractivity contribution in [3.8, 4) is 0 Å². The molecule has 2 N–H and O–H groups in total. The second-order valence-corrected chi connectivity index (χ2v) is 7.66. The maximum absolute atomic E-state index is 11.5. The van der Waals surface area contributed by atoms with Crippen LogP contribution in [0.2, 0.25) is 0 Å². The van der Waals surface area contributed by atoms with E-state index in [1.54, 1.807) is 0 Å². The lowest BCUT2D eigenvalue weighted by molar-refractivity contribution is -0.311. The van der Waals surface area contributed by atoms with E-state index in [9.17, 15) is 4.79 Å². The standard InChI is InChI=1S/C19H30N2O3/c1-18(2)11-8-12-19(3,4)21(18)24-16(14-23-17(22)13-20)15-9-6-5-7-10-15/h5-7,9-10,16H,8,11-14,20H2,1-4H3. The number of hydrogen-bond donors (Lipinski definition) is 1. The van der Waals surface area contributed by atoms with Crippen molar-refractivity contribution in [2.75, 3.05) is 13.2 Å². The Balaban J connectivity index is 2.21. The first-order valence-electron chi connectivity index (χ1n) is 8.64. The van der Waals surface area contributed by atoms with Crippen molar-refractivity contribution in [2.24, 2.45) is 5.73 Å². The molecular weight excluding hydrogens is 304 g/mol. The zero-order valence-electron chi connectivity index (χ0n) is 15.2. The molecule has 0 radical (unpaired) electrons. The maximum Gasteiger partial charge on any atom is 0.319 e. The average molecular weight is 334 g/mol. The fourth-order valence-corrected chi connectivity index (χ4v) is 3.47. The van der Waals surface area contributed by atoms with Gasteiger partial charge in [0.25, 0.3) is 0 Å². The van der Waals surface area contributed by atoms with E-state index in [0.717, 1.165) is 18.4 Å². The zero-order chi connectivity index (χ0) is 17.8. The number of esters is 1. The molecule has 0 aromatic heterocycles. The third-order valence-corrected chi connectivity index (χ3v) is 4.64. The minimum absolute atomic E-state index is 0.0767.